The summed E-state index contributed by atoms with van der Waals surface area (Å²) in [6.07, 6.45) is 2.22. The van der Waals surface area contributed by atoms with Gasteiger partial charge in [0.05, 0.1) is 0 Å². The van der Waals surface area contributed by atoms with Crippen LogP contribution < -0.4 is 0 Å². The van der Waals surface area contributed by atoms with Crippen LogP contribution in [0, 0.1) is 5.92 Å². The molecule has 0 aliphatic heterocycles. The summed E-state index contributed by atoms with van der Waals surface area (Å²) in [4.78, 5) is 0. The van der Waals surface area contributed by atoms with Crippen molar-refractivity contribution < 1.29 is 4.74 Å². The summed E-state index contributed by atoms with van der Waals surface area (Å²) in [6.45, 7) is 6.18. The lowest BCUT2D eigenvalue weighted by molar-refractivity contribution is 0.118. The van der Waals surface area contributed by atoms with Crippen LogP contribution in [0.1, 0.15) is 38.2 Å². The summed E-state index contributed by atoms with van der Waals surface area (Å²) < 4.78 is 6.84. The number of halogens is 2. The van der Waals surface area contributed by atoms with E-state index in [0.717, 1.165) is 41.8 Å². The van der Waals surface area contributed by atoms with Crippen molar-refractivity contribution in [3.63, 3.8) is 0 Å². The van der Waals surface area contributed by atoms with Gasteiger partial charge in [0.1, 0.15) is 0 Å². The van der Waals surface area contributed by atoms with Gasteiger partial charge in [0.15, 0.2) is 0 Å². The van der Waals surface area contributed by atoms with E-state index in [2.05, 4.69) is 70.0 Å². The third-order valence-electron chi connectivity index (χ3n) is 2.96. The lowest BCUT2D eigenvalue weighted by Crippen LogP contribution is -2.07. The molecule has 1 atom stereocenters. The average Bonchev–Trinajstić information content (AvgIpc) is 2.33. The minimum Gasteiger partial charge on any atom is -0.381 e. The van der Waals surface area contributed by atoms with E-state index < -0.39 is 0 Å². The zero-order valence-electron chi connectivity index (χ0n) is 11.2. The standard InChI is InChI=1S/C15H22Br2O/c1-12(2)6-8-18-9-7-14(11-16)13-4-3-5-15(17)10-13/h3-5,10,12,14H,6-9,11H2,1-2H3. The van der Waals surface area contributed by atoms with Crippen molar-refractivity contribution in [1.82, 2.24) is 0 Å². The molecule has 0 saturated carbocycles. The molecule has 0 fully saturated rings. The Morgan fingerprint density at radius 2 is 1.89 bits per heavy atom. The largest absolute Gasteiger partial charge is 0.381 e. The molecule has 0 saturated heterocycles. The highest BCUT2D eigenvalue weighted by Gasteiger charge is 2.10. The fourth-order valence-electron chi connectivity index (χ4n) is 1.74. The van der Waals surface area contributed by atoms with Gasteiger partial charge in [-0.2, -0.15) is 0 Å². The maximum absolute atomic E-state index is 5.70. The summed E-state index contributed by atoms with van der Waals surface area (Å²) >= 11 is 7.12. The first-order chi connectivity index (χ1) is 8.63. The van der Waals surface area contributed by atoms with Crippen LogP contribution in [0.3, 0.4) is 0 Å². The molecule has 0 aliphatic rings. The van der Waals surface area contributed by atoms with E-state index in [4.69, 9.17) is 4.74 Å². The van der Waals surface area contributed by atoms with Crippen molar-refractivity contribution in [3.8, 4) is 0 Å². The van der Waals surface area contributed by atoms with Gasteiger partial charge in [0.25, 0.3) is 0 Å². The van der Waals surface area contributed by atoms with Gasteiger partial charge in [0, 0.05) is 23.0 Å². The Morgan fingerprint density at radius 3 is 2.50 bits per heavy atom. The highest BCUT2D eigenvalue weighted by Crippen LogP contribution is 2.24. The fraction of sp³-hybridized carbons (Fsp3) is 0.600. The normalized spacial score (nSPS) is 12.9. The molecule has 0 amide bonds. The molecule has 102 valence electrons. The Morgan fingerprint density at radius 1 is 1.17 bits per heavy atom. The third-order valence-corrected chi connectivity index (χ3v) is 4.23. The molecule has 1 aromatic rings. The van der Waals surface area contributed by atoms with Crippen LogP contribution in [0.5, 0.6) is 0 Å². The fourth-order valence-corrected chi connectivity index (χ4v) is 2.85. The molecule has 0 spiro atoms. The minimum absolute atomic E-state index is 0.529. The molecule has 1 nitrogen and oxygen atoms in total. The zero-order chi connectivity index (χ0) is 13.4. The van der Waals surface area contributed by atoms with E-state index in [0.29, 0.717) is 5.92 Å². The van der Waals surface area contributed by atoms with Crippen LogP contribution in [0.15, 0.2) is 28.7 Å². The Labute approximate surface area is 128 Å². The minimum atomic E-state index is 0.529. The van der Waals surface area contributed by atoms with Crippen molar-refractivity contribution >= 4 is 31.9 Å². The third kappa shape index (κ3) is 6.35. The molecule has 1 aromatic carbocycles. The Hall–Kier alpha value is 0.140. The van der Waals surface area contributed by atoms with E-state index in [1.165, 1.54) is 5.56 Å². The number of rotatable bonds is 8. The number of hydrogen-bond donors (Lipinski definition) is 0. The quantitative estimate of drug-likeness (QED) is 0.436. The monoisotopic (exact) mass is 376 g/mol. The Bertz CT molecular complexity index is 339. The number of benzene rings is 1. The van der Waals surface area contributed by atoms with E-state index >= 15 is 0 Å². The average molecular weight is 378 g/mol. The molecule has 3 heteroatoms. The van der Waals surface area contributed by atoms with Crippen molar-refractivity contribution in [1.29, 1.82) is 0 Å². The molecule has 0 aromatic heterocycles. The SMILES string of the molecule is CC(C)CCOCCC(CBr)c1cccc(Br)c1. The van der Waals surface area contributed by atoms with Crippen molar-refractivity contribution in [3.05, 3.63) is 34.3 Å². The van der Waals surface area contributed by atoms with Crippen LogP contribution in [-0.4, -0.2) is 18.5 Å². The summed E-state index contributed by atoms with van der Waals surface area (Å²) in [5, 5.41) is 0.983. The summed E-state index contributed by atoms with van der Waals surface area (Å²) in [6, 6.07) is 8.54. The van der Waals surface area contributed by atoms with Crippen LogP contribution >= 0.6 is 31.9 Å². The van der Waals surface area contributed by atoms with Gasteiger partial charge >= 0.3 is 0 Å². The highest BCUT2D eigenvalue weighted by molar-refractivity contribution is 9.10. The van der Waals surface area contributed by atoms with Crippen molar-refractivity contribution in [2.24, 2.45) is 5.92 Å². The van der Waals surface area contributed by atoms with Crippen LogP contribution in [0.25, 0.3) is 0 Å². The van der Waals surface area contributed by atoms with Gasteiger partial charge in [0.2, 0.25) is 0 Å². The molecular formula is C15H22Br2O. The molecule has 0 bridgehead atoms. The van der Waals surface area contributed by atoms with Gasteiger partial charge in [-0.05, 0) is 42.4 Å². The molecule has 0 heterocycles. The smallest absolute Gasteiger partial charge is 0.0472 e. The highest BCUT2D eigenvalue weighted by atomic mass is 79.9. The molecular weight excluding hydrogens is 356 g/mol. The maximum atomic E-state index is 5.70. The number of alkyl halides is 1. The summed E-state index contributed by atoms with van der Waals surface area (Å²) in [5.74, 6) is 1.25. The van der Waals surface area contributed by atoms with Crippen molar-refractivity contribution in [2.45, 2.75) is 32.6 Å². The maximum Gasteiger partial charge on any atom is 0.0472 e. The second-order valence-corrected chi connectivity index (χ2v) is 6.55. The van der Waals surface area contributed by atoms with E-state index in [1.54, 1.807) is 0 Å². The summed E-state index contributed by atoms with van der Waals surface area (Å²) in [7, 11) is 0. The zero-order valence-corrected chi connectivity index (χ0v) is 14.3. The number of ether oxygens (including phenoxy) is 1. The van der Waals surface area contributed by atoms with E-state index in [1.807, 2.05) is 0 Å². The molecule has 1 rings (SSSR count). The van der Waals surface area contributed by atoms with Crippen LogP contribution in [0.2, 0.25) is 0 Å². The predicted octanol–water partition coefficient (Wildman–Crippen LogP) is 5.38. The first-order valence-corrected chi connectivity index (χ1v) is 8.44. The van der Waals surface area contributed by atoms with E-state index in [-0.39, 0.29) is 0 Å². The van der Waals surface area contributed by atoms with Gasteiger partial charge in [-0.25, -0.2) is 0 Å². The van der Waals surface area contributed by atoms with Gasteiger partial charge in [-0.15, -0.1) is 0 Å². The van der Waals surface area contributed by atoms with E-state index in [9.17, 15) is 0 Å². The molecule has 1 unspecified atom stereocenters. The molecule has 0 aliphatic carbocycles. The molecule has 18 heavy (non-hydrogen) atoms. The van der Waals surface area contributed by atoms with Gasteiger partial charge in [-0.1, -0.05) is 57.8 Å². The Balaban J connectivity index is 2.34. The predicted molar refractivity (Wildman–Crippen MR) is 85.6 cm³/mol. The lowest BCUT2D eigenvalue weighted by Gasteiger charge is -2.15. The molecule has 0 N–H and O–H groups in total. The van der Waals surface area contributed by atoms with Crippen molar-refractivity contribution in [2.75, 3.05) is 18.5 Å². The molecule has 0 radical (unpaired) electrons. The van der Waals surface area contributed by atoms with Gasteiger partial charge in [-0.3, -0.25) is 0 Å². The van der Waals surface area contributed by atoms with Gasteiger partial charge < -0.3 is 4.74 Å². The Kier molecular flexibility index (Phi) is 8.20. The first kappa shape index (κ1) is 16.2. The topological polar surface area (TPSA) is 9.23 Å². The van der Waals surface area contributed by atoms with Crippen LogP contribution in [0.4, 0.5) is 0 Å². The second-order valence-electron chi connectivity index (χ2n) is 4.99. The van der Waals surface area contributed by atoms with Crippen LogP contribution in [-0.2, 0) is 4.74 Å². The number of hydrogen-bond acceptors (Lipinski definition) is 1. The first-order valence-electron chi connectivity index (χ1n) is 6.52. The second kappa shape index (κ2) is 9.11. The lowest BCUT2D eigenvalue weighted by atomic mass is 9.98. The summed E-state index contributed by atoms with van der Waals surface area (Å²) in [5.41, 5.74) is 1.37.